The Kier molecular flexibility index (Phi) is 6.92. The molecule has 0 fully saturated rings. The largest absolute Gasteiger partial charge is 0.491 e. The molecule has 3 heterocycles. The van der Waals surface area contributed by atoms with Crippen LogP contribution in [0.2, 0.25) is 0 Å². The third-order valence-electron chi connectivity index (χ3n) is 6.52. The normalized spacial score (nSPS) is 15.7. The van der Waals surface area contributed by atoms with Crippen LogP contribution >= 0.6 is 27.3 Å². The predicted octanol–water partition coefficient (Wildman–Crippen LogP) is 5.06. The van der Waals surface area contributed by atoms with Crippen LogP contribution in [0.3, 0.4) is 0 Å². The number of aromatic amines is 1. The number of nitrogens with zero attached hydrogens (tertiary/aromatic N) is 2. The van der Waals surface area contributed by atoms with E-state index in [1.54, 1.807) is 11.5 Å². The van der Waals surface area contributed by atoms with Crippen molar-refractivity contribution in [3.8, 4) is 5.75 Å². The van der Waals surface area contributed by atoms with E-state index < -0.39 is 12.0 Å². The van der Waals surface area contributed by atoms with Crippen LogP contribution < -0.4 is 19.6 Å². The van der Waals surface area contributed by atoms with Crippen LogP contribution in [0.4, 0.5) is 0 Å². The summed E-state index contributed by atoms with van der Waals surface area (Å²) in [6, 6.07) is 11.1. The Morgan fingerprint density at radius 2 is 1.95 bits per heavy atom. The van der Waals surface area contributed by atoms with Crippen molar-refractivity contribution in [1.29, 1.82) is 0 Å². The third kappa shape index (κ3) is 4.54. The molecule has 0 bridgehead atoms. The van der Waals surface area contributed by atoms with Gasteiger partial charge in [-0.2, -0.15) is 0 Å². The number of esters is 1. The van der Waals surface area contributed by atoms with Crippen molar-refractivity contribution in [2.45, 2.75) is 46.8 Å². The van der Waals surface area contributed by atoms with Gasteiger partial charge in [0.2, 0.25) is 0 Å². The Balaban J connectivity index is 1.80. The number of hydrogen-bond acceptors (Lipinski definition) is 6. The molecule has 0 spiro atoms. The van der Waals surface area contributed by atoms with Gasteiger partial charge in [-0.3, -0.25) is 9.36 Å². The zero-order valence-electron chi connectivity index (χ0n) is 22.0. The third-order valence-corrected chi connectivity index (χ3v) is 8.00. The van der Waals surface area contributed by atoms with Gasteiger partial charge in [-0.05, 0) is 71.0 Å². The number of halogens is 1. The van der Waals surface area contributed by atoms with Gasteiger partial charge in [-0.15, -0.1) is 0 Å². The molecule has 0 unspecified atom stereocenters. The van der Waals surface area contributed by atoms with Crippen LogP contribution in [0.5, 0.6) is 5.75 Å². The van der Waals surface area contributed by atoms with Crippen LogP contribution in [0.1, 0.15) is 49.2 Å². The van der Waals surface area contributed by atoms with Crippen molar-refractivity contribution in [2.75, 3.05) is 7.11 Å². The van der Waals surface area contributed by atoms with Crippen LogP contribution in [0.15, 0.2) is 61.9 Å². The first-order valence-electron chi connectivity index (χ1n) is 12.2. The van der Waals surface area contributed by atoms with Gasteiger partial charge in [0.15, 0.2) is 4.80 Å². The minimum Gasteiger partial charge on any atom is -0.491 e. The van der Waals surface area contributed by atoms with E-state index in [0.29, 0.717) is 31.9 Å². The first-order chi connectivity index (χ1) is 18.1. The molecule has 1 N–H and O–H groups in total. The van der Waals surface area contributed by atoms with E-state index in [-0.39, 0.29) is 11.7 Å². The number of benzene rings is 2. The highest BCUT2D eigenvalue weighted by atomic mass is 79.9. The smallest absolute Gasteiger partial charge is 0.338 e. The summed E-state index contributed by atoms with van der Waals surface area (Å²) in [5.41, 5.74) is 5.33. The molecule has 0 saturated carbocycles. The van der Waals surface area contributed by atoms with Gasteiger partial charge < -0.3 is 14.5 Å². The number of carbonyl (C=O) groups is 1. The topological polar surface area (TPSA) is 85.7 Å². The van der Waals surface area contributed by atoms with Crippen molar-refractivity contribution < 1.29 is 14.3 Å². The van der Waals surface area contributed by atoms with E-state index in [1.165, 1.54) is 18.4 Å². The van der Waals surface area contributed by atoms with Gasteiger partial charge in [0, 0.05) is 32.2 Å². The Labute approximate surface area is 232 Å². The number of fused-ring (bicyclic) bond motifs is 2. The number of ether oxygens (including phenoxy) is 2. The van der Waals surface area contributed by atoms with Gasteiger partial charge in [0.25, 0.3) is 5.56 Å². The average molecular weight is 595 g/mol. The summed E-state index contributed by atoms with van der Waals surface area (Å²) in [5, 5.41) is 1.05. The summed E-state index contributed by atoms with van der Waals surface area (Å²) in [7, 11) is 1.33. The molecule has 7 nitrogen and oxygen atoms in total. The number of allylic oxidation sites excluding steroid dienone is 1. The number of methoxy groups -OCH3 is 1. The molecule has 2 aromatic heterocycles. The highest BCUT2D eigenvalue weighted by Gasteiger charge is 2.35. The highest BCUT2D eigenvalue weighted by molar-refractivity contribution is 9.10. The molecular weight excluding hydrogens is 566 g/mol. The molecule has 0 saturated heterocycles. The van der Waals surface area contributed by atoms with Gasteiger partial charge in [-0.1, -0.05) is 38.9 Å². The standard InChI is InChI=1S/C29H28BrN3O4S/c1-14(2)37-23-10-8-18(30)12-21(23)26-25(28(35)36-6)17(5)32-29-33(26)27(34)24(38-29)13-19-16(4)31-22-9-7-15(3)11-20(19)22/h7-14,26,31H,1-6H3/b24-13-/t26-/m1/s1. The van der Waals surface area contributed by atoms with E-state index in [4.69, 9.17) is 9.47 Å². The maximum Gasteiger partial charge on any atom is 0.338 e. The molecule has 1 atom stereocenters. The van der Waals surface area contributed by atoms with Crippen LogP contribution in [-0.4, -0.2) is 28.7 Å². The van der Waals surface area contributed by atoms with Crippen molar-refractivity contribution in [1.82, 2.24) is 9.55 Å². The summed E-state index contributed by atoms with van der Waals surface area (Å²) in [6.07, 6.45) is 1.81. The second kappa shape index (κ2) is 10.0. The van der Waals surface area contributed by atoms with Crippen LogP contribution in [0, 0.1) is 13.8 Å². The van der Waals surface area contributed by atoms with Gasteiger partial charge in [0.05, 0.1) is 29.0 Å². The molecule has 0 amide bonds. The number of aromatic nitrogens is 2. The molecule has 0 aliphatic carbocycles. The van der Waals surface area contributed by atoms with Crippen molar-refractivity contribution >= 4 is 50.2 Å². The number of nitrogens with one attached hydrogen (secondary N) is 1. The maximum absolute atomic E-state index is 14.1. The Morgan fingerprint density at radius 3 is 2.66 bits per heavy atom. The first kappa shape index (κ1) is 26.2. The van der Waals surface area contributed by atoms with Crippen molar-refractivity contribution in [3.63, 3.8) is 0 Å². The molecule has 4 aromatic rings. The summed E-state index contributed by atoms with van der Waals surface area (Å²) in [5.74, 6) is 0.0470. The number of carbonyl (C=O) groups excluding carboxylic acids is 1. The molecule has 38 heavy (non-hydrogen) atoms. The van der Waals surface area contributed by atoms with Crippen molar-refractivity contribution in [3.05, 3.63) is 94.2 Å². The molecule has 196 valence electrons. The number of hydrogen-bond donors (Lipinski definition) is 1. The first-order valence-corrected chi connectivity index (χ1v) is 13.9. The van der Waals surface area contributed by atoms with E-state index in [9.17, 15) is 9.59 Å². The van der Waals surface area contributed by atoms with Crippen LogP contribution in [-0.2, 0) is 9.53 Å². The Bertz CT molecular complexity index is 1810. The minimum absolute atomic E-state index is 0.106. The zero-order chi connectivity index (χ0) is 27.3. The maximum atomic E-state index is 14.1. The number of thiazole rings is 1. The lowest BCUT2D eigenvalue weighted by Gasteiger charge is -2.26. The summed E-state index contributed by atoms with van der Waals surface area (Å²) < 4.78 is 14.2. The monoisotopic (exact) mass is 593 g/mol. The van der Waals surface area contributed by atoms with Gasteiger partial charge in [-0.25, -0.2) is 9.79 Å². The van der Waals surface area contributed by atoms with E-state index in [2.05, 4.69) is 38.0 Å². The Hall–Kier alpha value is -3.43. The minimum atomic E-state index is -0.765. The van der Waals surface area contributed by atoms with Gasteiger partial charge >= 0.3 is 5.97 Å². The van der Waals surface area contributed by atoms with Gasteiger partial charge in [0.1, 0.15) is 11.8 Å². The average Bonchev–Trinajstić information content (AvgIpc) is 3.34. The Morgan fingerprint density at radius 1 is 1.18 bits per heavy atom. The lowest BCUT2D eigenvalue weighted by Crippen LogP contribution is -2.40. The lowest BCUT2D eigenvalue weighted by molar-refractivity contribution is -0.136. The van der Waals surface area contributed by atoms with Crippen LogP contribution in [0.25, 0.3) is 17.0 Å². The molecule has 1 aliphatic heterocycles. The number of aryl methyl sites for hydroxylation is 2. The SMILES string of the molecule is COC(=O)C1=C(C)N=c2s/c(=C\c3c(C)[nH]c4ccc(C)cc34)c(=O)n2[C@@H]1c1cc(Br)ccc1OC(C)C. The molecule has 5 rings (SSSR count). The van der Waals surface area contributed by atoms with Crippen molar-refractivity contribution in [2.24, 2.45) is 4.99 Å². The molecular formula is C29H28BrN3O4S. The summed E-state index contributed by atoms with van der Waals surface area (Å²) in [4.78, 5) is 35.7. The number of H-pyrrole nitrogens is 1. The zero-order valence-corrected chi connectivity index (χ0v) is 24.4. The van der Waals surface area contributed by atoms with E-state index in [1.807, 2.05) is 58.0 Å². The fraction of sp³-hybridized carbons (Fsp3) is 0.276. The summed E-state index contributed by atoms with van der Waals surface area (Å²) >= 11 is 4.86. The molecule has 2 aromatic carbocycles. The fourth-order valence-electron chi connectivity index (χ4n) is 4.86. The summed E-state index contributed by atoms with van der Waals surface area (Å²) in [6.45, 7) is 9.68. The molecule has 0 radical (unpaired) electrons. The molecule has 1 aliphatic rings. The number of rotatable bonds is 5. The quantitative estimate of drug-likeness (QED) is 0.328. The highest BCUT2D eigenvalue weighted by Crippen LogP contribution is 2.38. The lowest BCUT2D eigenvalue weighted by atomic mass is 9.95. The van der Waals surface area contributed by atoms with E-state index >= 15 is 0 Å². The predicted molar refractivity (Wildman–Crippen MR) is 153 cm³/mol. The second-order valence-corrected chi connectivity index (χ2v) is 11.6. The molecule has 9 heteroatoms. The van der Waals surface area contributed by atoms with E-state index in [0.717, 1.165) is 32.2 Å². The second-order valence-electron chi connectivity index (χ2n) is 9.63. The fourth-order valence-corrected chi connectivity index (χ4v) is 6.27.